The summed E-state index contributed by atoms with van der Waals surface area (Å²) in [7, 11) is 2.14. The van der Waals surface area contributed by atoms with Gasteiger partial charge in [0, 0.05) is 76.4 Å². The van der Waals surface area contributed by atoms with Crippen molar-refractivity contribution in [3.8, 4) is 80.1 Å². The first-order valence-corrected chi connectivity index (χ1v) is 34.2. The van der Waals surface area contributed by atoms with Crippen LogP contribution in [0, 0.1) is 20.8 Å². The number of piperidine rings is 1. The van der Waals surface area contributed by atoms with Crippen molar-refractivity contribution < 1.29 is 68.0 Å². The Labute approximate surface area is 608 Å². The number of ether oxygens (including phenoxy) is 6. The number of unbranched alkanes of at least 4 members (excludes halogenated alkanes) is 3. The number of aryl methyl sites for hydroxylation is 3. The van der Waals surface area contributed by atoms with Gasteiger partial charge in [-0.2, -0.15) is 0 Å². The van der Waals surface area contributed by atoms with Gasteiger partial charge >= 0.3 is 17.9 Å². The molecule has 1 fully saturated rings. The van der Waals surface area contributed by atoms with Gasteiger partial charge in [0.1, 0.15) is 69.7 Å². The Balaban J connectivity index is 0.000000212. The Morgan fingerprint density at radius 2 is 1.09 bits per heavy atom. The Hall–Kier alpha value is -11.5. The normalized spacial score (nSPS) is 12.8. The maximum atomic E-state index is 12.2. The molecule has 0 amide bonds. The minimum absolute atomic E-state index is 0.0135. The lowest BCUT2D eigenvalue weighted by molar-refractivity contribution is -0.154. The summed E-state index contributed by atoms with van der Waals surface area (Å²) in [4.78, 5) is 64.7. The number of esters is 3. The molecule has 0 radical (unpaired) electrons. The molecule has 2 aromatic heterocycles. The molecular formula is C83H95N7O14. The maximum absolute atomic E-state index is 12.2. The van der Waals surface area contributed by atoms with Gasteiger partial charge < -0.3 is 48.8 Å². The van der Waals surface area contributed by atoms with Crippen LogP contribution in [-0.4, -0.2) is 130 Å². The molecule has 0 saturated carbocycles. The quantitative estimate of drug-likeness (QED) is 0.00787. The van der Waals surface area contributed by atoms with Gasteiger partial charge in [0.2, 0.25) is 6.79 Å². The highest BCUT2D eigenvalue weighted by molar-refractivity contribution is 6.10. The molecule has 3 heterocycles. The molecule has 10 rings (SSSR count). The highest BCUT2D eigenvalue weighted by Gasteiger charge is 2.44. The van der Waals surface area contributed by atoms with Crippen LogP contribution in [0.15, 0.2) is 189 Å². The van der Waals surface area contributed by atoms with Crippen LogP contribution in [0.1, 0.15) is 132 Å². The predicted molar refractivity (Wildman–Crippen MR) is 403 cm³/mol. The van der Waals surface area contributed by atoms with E-state index in [1.165, 1.54) is 23.9 Å². The van der Waals surface area contributed by atoms with Crippen molar-refractivity contribution in [1.82, 2.24) is 34.8 Å². The summed E-state index contributed by atoms with van der Waals surface area (Å²) < 4.78 is 32.2. The average Bonchev–Trinajstić information content (AvgIpc) is 0.972. The lowest BCUT2D eigenvalue weighted by Crippen LogP contribution is -2.60. The largest absolute Gasteiger partial charge is 0.507 e. The number of nitrogens with zero attached hydrogens (tertiary/aromatic N) is 7. The van der Waals surface area contributed by atoms with E-state index < -0.39 is 11.9 Å². The summed E-state index contributed by atoms with van der Waals surface area (Å²) in [6, 6.07) is 39.9. The molecule has 0 atom stereocenters. The predicted octanol–water partition coefficient (Wildman–Crippen LogP) is 16.4. The van der Waals surface area contributed by atoms with Crippen LogP contribution >= 0.6 is 0 Å². The highest BCUT2D eigenvalue weighted by Crippen LogP contribution is 2.40. The molecule has 0 unspecified atom stereocenters. The summed E-state index contributed by atoms with van der Waals surface area (Å²) in [5, 5.41) is 50.7. The minimum Gasteiger partial charge on any atom is -0.507 e. The van der Waals surface area contributed by atoms with Crippen LogP contribution in [0.3, 0.4) is 0 Å². The number of carbonyl (C=O) groups excluding carboxylic acids is 4. The van der Waals surface area contributed by atoms with E-state index in [4.69, 9.17) is 38.4 Å². The molecule has 4 N–H and O–H groups in total. The summed E-state index contributed by atoms with van der Waals surface area (Å²) in [5.41, 5.74) is 9.51. The second-order valence-electron chi connectivity index (χ2n) is 26.7. The van der Waals surface area contributed by atoms with Gasteiger partial charge in [0.05, 0.1) is 29.9 Å². The molecule has 7 aromatic carbocycles. The van der Waals surface area contributed by atoms with Crippen LogP contribution in [0.2, 0.25) is 0 Å². The fourth-order valence-corrected chi connectivity index (χ4v) is 11.4. The average molecular weight is 1410 g/mol. The van der Waals surface area contributed by atoms with E-state index in [9.17, 15) is 39.6 Å². The molecule has 546 valence electrons. The standard InChI is InChI=1S/C35H39N3O6.C18H17N3O3.C16H14O3.C14H25NO2/c1-7-8-9-10-15-42-25-11-13-27(29(39)18-25)32-36-33(38-34(37-32)31-23(5)16-22(4)17-24(31)6)28-14-12-26(19-30(28)40)43-20-44-35(41)21(2)3;1-12(2)18(23)24-10-9-13-7-8-17(22)16(11-13)21-19-14-5-3-4-6-15(14)20-21;1-2-10-19-13-8-9-14(15(17)11-13)16(18)12-6-4-3-5-7-12;1-10(2)12(16)17-11-8-13(3,4)15(7)14(5,6)9-11/h11-14,16-19,39-40H,2,7-10,15,20H2,1,3-6H3;3-8,11,22H,1,9-10H2,2H3;2-9,11,17H,1,10H2;11H,1,8-9H2,2-7H3. The zero-order valence-electron chi connectivity index (χ0n) is 61.5. The molecule has 21 heteroatoms. The van der Waals surface area contributed by atoms with E-state index in [2.05, 4.69) is 100 Å². The summed E-state index contributed by atoms with van der Waals surface area (Å²) in [5.74, 6) is 0.534. The van der Waals surface area contributed by atoms with E-state index in [0.717, 1.165) is 77.4 Å². The van der Waals surface area contributed by atoms with Gasteiger partial charge in [-0.15, -0.1) is 15.0 Å². The molecule has 1 aliphatic rings. The Bertz CT molecular complexity index is 4490. The monoisotopic (exact) mass is 1410 g/mol. The summed E-state index contributed by atoms with van der Waals surface area (Å²) in [6.45, 7) is 36.8. The smallest absolute Gasteiger partial charge is 0.335 e. The fourth-order valence-electron chi connectivity index (χ4n) is 11.4. The Kier molecular flexibility index (Phi) is 28.4. The number of phenolic OH excluding ortho intramolecular Hbond substituents is 4. The van der Waals surface area contributed by atoms with Gasteiger partial charge in [-0.05, 0) is 160 Å². The third-order valence-electron chi connectivity index (χ3n) is 17.0. The van der Waals surface area contributed by atoms with Gasteiger partial charge in [-0.3, -0.25) is 9.69 Å². The van der Waals surface area contributed by atoms with E-state index >= 15 is 0 Å². The number of aromatic hydroxyl groups is 4. The SMILES string of the molecule is C=C(C)C(=O)OC1CC(C)(C)N(C)C(C)(C)C1.C=C(C)C(=O)OCCc1ccc(O)c(-n2nc3ccccc3n2)c1.C=C(C)C(=O)OCOc1ccc(-c2nc(-c3ccc(OCCCCCC)cc3O)nc(-c3c(C)cc(C)cc3C)n2)c(O)c1.C=CCOc1ccc(C(=O)c2ccccc2)c(O)c1. The van der Waals surface area contributed by atoms with E-state index in [1.54, 1.807) is 105 Å². The number of hydrogen-bond donors (Lipinski definition) is 4. The van der Waals surface area contributed by atoms with Crippen molar-refractivity contribution in [2.24, 2.45) is 0 Å². The first-order valence-electron chi connectivity index (χ1n) is 34.2. The number of likely N-dealkylation sites (tertiary alicyclic amines) is 1. The minimum atomic E-state index is -0.576. The fraction of sp³-hybridized carbons (Fsp3) is 0.313. The van der Waals surface area contributed by atoms with Crippen molar-refractivity contribution in [3.05, 3.63) is 222 Å². The van der Waals surface area contributed by atoms with Gasteiger partial charge in [0.25, 0.3) is 0 Å². The number of phenols is 4. The van der Waals surface area contributed by atoms with Crippen LogP contribution in [0.5, 0.6) is 40.2 Å². The molecule has 0 spiro atoms. The zero-order valence-corrected chi connectivity index (χ0v) is 61.5. The van der Waals surface area contributed by atoms with Crippen LogP contribution in [0.4, 0.5) is 0 Å². The van der Waals surface area contributed by atoms with Crippen molar-refractivity contribution in [2.45, 2.75) is 138 Å². The number of rotatable bonds is 25. The van der Waals surface area contributed by atoms with Crippen molar-refractivity contribution >= 4 is 34.7 Å². The number of aromatic nitrogens is 6. The van der Waals surface area contributed by atoms with E-state index in [1.807, 2.05) is 51.1 Å². The molecule has 104 heavy (non-hydrogen) atoms. The lowest BCUT2D eigenvalue weighted by atomic mass is 9.79. The second kappa shape index (κ2) is 36.9. The second-order valence-corrected chi connectivity index (χ2v) is 26.7. The van der Waals surface area contributed by atoms with Crippen molar-refractivity contribution in [1.29, 1.82) is 0 Å². The number of benzene rings is 7. The topological polar surface area (TPSA) is 277 Å². The third-order valence-corrected chi connectivity index (χ3v) is 17.0. The zero-order chi connectivity index (χ0) is 76.0. The first-order chi connectivity index (χ1) is 49.4. The van der Waals surface area contributed by atoms with Gasteiger partial charge in [-0.25, -0.2) is 29.3 Å². The number of carbonyl (C=O) groups is 4. The van der Waals surface area contributed by atoms with Crippen LogP contribution < -0.4 is 14.2 Å². The first kappa shape index (κ1) is 79.9. The molecule has 0 bridgehead atoms. The summed E-state index contributed by atoms with van der Waals surface area (Å²) in [6.07, 6.45) is 8.20. The van der Waals surface area contributed by atoms with Crippen molar-refractivity contribution in [2.75, 3.05) is 33.7 Å². The van der Waals surface area contributed by atoms with Gasteiger partial charge in [-0.1, -0.05) is 125 Å². The van der Waals surface area contributed by atoms with Crippen LogP contribution in [0.25, 0.3) is 50.9 Å². The number of ketones is 1. The number of hydrogen-bond acceptors (Lipinski definition) is 20. The van der Waals surface area contributed by atoms with Crippen molar-refractivity contribution in [3.63, 3.8) is 0 Å². The molecular weight excluding hydrogens is 1320 g/mol. The molecule has 21 nitrogen and oxygen atoms in total. The Morgan fingerprint density at radius 1 is 0.567 bits per heavy atom. The van der Waals surface area contributed by atoms with E-state index in [0.29, 0.717) is 70.5 Å². The molecule has 1 saturated heterocycles. The van der Waals surface area contributed by atoms with E-state index in [-0.39, 0.29) is 93.9 Å². The highest BCUT2D eigenvalue weighted by atomic mass is 16.7. The Morgan fingerprint density at radius 3 is 1.62 bits per heavy atom. The molecule has 0 aliphatic carbocycles. The molecule has 9 aromatic rings. The lowest BCUT2D eigenvalue weighted by Gasteiger charge is -2.53. The molecule has 1 aliphatic heterocycles. The number of fused-ring (bicyclic) bond motifs is 1. The maximum Gasteiger partial charge on any atom is 0.335 e. The summed E-state index contributed by atoms with van der Waals surface area (Å²) >= 11 is 0. The third kappa shape index (κ3) is 22.3. The van der Waals surface area contributed by atoms with Crippen LogP contribution in [-0.2, 0) is 35.0 Å². The van der Waals surface area contributed by atoms with Gasteiger partial charge in [0.15, 0.2) is 23.3 Å².